The summed E-state index contributed by atoms with van der Waals surface area (Å²) in [5, 5.41) is 9.54. The van der Waals surface area contributed by atoms with Crippen LogP contribution in [0.5, 0.6) is 0 Å². The lowest BCUT2D eigenvalue weighted by atomic mass is 10.0. The number of carbonyl (C=O) groups is 1. The van der Waals surface area contributed by atoms with Crippen LogP contribution in [0.1, 0.15) is 46.5 Å². The van der Waals surface area contributed by atoms with E-state index in [1.807, 2.05) is 6.92 Å². The van der Waals surface area contributed by atoms with E-state index in [9.17, 15) is 18.3 Å². The molecule has 4 unspecified atom stereocenters. The maximum Gasteiger partial charge on any atom is 0.302 e. The largest absolute Gasteiger partial charge is 0.462 e. The zero-order valence-electron chi connectivity index (χ0n) is 13.5. The van der Waals surface area contributed by atoms with Crippen LogP contribution >= 0.6 is 0 Å². The number of aliphatic hydroxyl groups excluding tert-OH is 1. The number of carbonyl (C=O) groups excluding carboxylic acids is 1. The molecule has 4 atom stereocenters. The third-order valence-corrected chi connectivity index (χ3v) is 5.17. The Morgan fingerprint density at radius 2 is 1.71 bits per heavy atom. The van der Waals surface area contributed by atoms with E-state index in [-0.39, 0.29) is 18.2 Å². The number of ether oxygens (including phenoxy) is 2. The average molecular weight is 324 g/mol. The zero-order valence-corrected chi connectivity index (χ0v) is 14.4. The summed E-state index contributed by atoms with van der Waals surface area (Å²) in [7, 11) is -1.62. The van der Waals surface area contributed by atoms with E-state index in [1.165, 1.54) is 20.3 Å². The monoisotopic (exact) mass is 324 g/mol. The van der Waals surface area contributed by atoms with E-state index >= 15 is 0 Å². The number of esters is 1. The predicted molar refractivity (Wildman–Crippen MR) is 80.8 cm³/mol. The molecule has 6 nitrogen and oxygen atoms in total. The van der Waals surface area contributed by atoms with Gasteiger partial charge in [0.1, 0.15) is 15.9 Å². The molecule has 0 saturated heterocycles. The van der Waals surface area contributed by atoms with E-state index in [2.05, 4.69) is 0 Å². The van der Waals surface area contributed by atoms with Gasteiger partial charge in [-0.1, -0.05) is 6.92 Å². The van der Waals surface area contributed by atoms with Crippen molar-refractivity contribution in [3.8, 4) is 0 Å². The van der Waals surface area contributed by atoms with Crippen LogP contribution in [0.4, 0.5) is 0 Å². The number of sulfone groups is 1. The third kappa shape index (κ3) is 9.06. The molecule has 126 valence electrons. The number of hydrogen-bond acceptors (Lipinski definition) is 6. The first-order valence-electron chi connectivity index (χ1n) is 7.17. The highest BCUT2D eigenvalue weighted by Gasteiger charge is 2.24. The van der Waals surface area contributed by atoms with Crippen molar-refractivity contribution in [1.82, 2.24) is 0 Å². The molecule has 0 aromatic rings. The van der Waals surface area contributed by atoms with Crippen LogP contribution in [0.25, 0.3) is 0 Å². The first-order valence-corrected chi connectivity index (χ1v) is 9.12. The van der Waals surface area contributed by atoms with Crippen molar-refractivity contribution in [3.05, 3.63) is 0 Å². The van der Waals surface area contributed by atoms with E-state index in [4.69, 9.17) is 9.47 Å². The third-order valence-electron chi connectivity index (χ3n) is 3.52. The Labute approximate surface area is 127 Å². The van der Waals surface area contributed by atoms with Crippen LogP contribution in [0.3, 0.4) is 0 Å². The molecular weight excluding hydrogens is 296 g/mol. The van der Waals surface area contributed by atoms with Gasteiger partial charge < -0.3 is 14.6 Å². The van der Waals surface area contributed by atoms with Crippen molar-refractivity contribution < 1.29 is 27.8 Å². The number of methoxy groups -OCH3 is 1. The normalized spacial score (nSPS) is 17.8. The second kappa shape index (κ2) is 9.38. The van der Waals surface area contributed by atoms with Gasteiger partial charge in [-0.25, -0.2) is 8.42 Å². The van der Waals surface area contributed by atoms with Gasteiger partial charge in [-0.15, -0.1) is 0 Å². The molecule has 0 radical (unpaired) electrons. The maximum absolute atomic E-state index is 11.4. The van der Waals surface area contributed by atoms with Gasteiger partial charge in [0.05, 0.1) is 17.5 Å². The molecule has 1 N–H and O–H groups in total. The summed E-state index contributed by atoms with van der Waals surface area (Å²) in [6.45, 7) is 4.84. The van der Waals surface area contributed by atoms with E-state index in [1.54, 1.807) is 6.92 Å². The lowest BCUT2D eigenvalue weighted by Gasteiger charge is -2.24. The minimum Gasteiger partial charge on any atom is -0.462 e. The van der Waals surface area contributed by atoms with Crippen molar-refractivity contribution >= 4 is 15.8 Å². The predicted octanol–water partition coefficient (Wildman–Crippen LogP) is 1.31. The summed E-state index contributed by atoms with van der Waals surface area (Å²) in [5.41, 5.74) is 0. The molecule has 0 spiro atoms. The molecule has 0 aromatic carbocycles. The van der Waals surface area contributed by atoms with Crippen molar-refractivity contribution in [1.29, 1.82) is 0 Å². The summed E-state index contributed by atoms with van der Waals surface area (Å²) in [6.07, 6.45) is 1.39. The van der Waals surface area contributed by atoms with Gasteiger partial charge in [-0.05, 0) is 26.2 Å². The molecule has 0 bridgehead atoms. The molecule has 21 heavy (non-hydrogen) atoms. The van der Waals surface area contributed by atoms with E-state index in [0.29, 0.717) is 25.7 Å². The Hall–Kier alpha value is -0.660. The summed E-state index contributed by atoms with van der Waals surface area (Å²) in [6, 6.07) is 0. The Balaban J connectivity index is 4.44. The molecule has 0 amide bonds. The van der Waals surface area contributed by atoms with Crippen molar-refractivity contribution in [2.45, 2.75) is 70.0 Å². The first kappa shape index (κ1) is 20.3. The van der Waals surface area contributed by atoms with Crippen LogP contribution in [-0.2, 0) is 24.1 Å². The summed E-state index contributed by atoms with van der Waals surface area (Å²) >= 11 is 0. The van der Waals surface area contributed by atoms with Crippen LogP contribution in [0.2, 0.25) is 0 Å². The van der Waals surface area contributed by atoms with Gasteiger partial charge in [0.2, 0.25) is 0 Å². The molecular formula is C14H28O6S. The molecule has 0 aliphatic rings. The quantitative estimate of drug-likeness (QED) is 0.609. The van der Waals surface area contributed by atoms with E-state index < -0.39 is 21.2 Å². The lowest BCUT2D eigenvalue weighted by Crippen LogP contribution is -2.30. The van der Waals surface area contributed by atoms with Crippen molar-refractivity contribution in [2.75, 3.05) is 13.4 Å². The number of aliphatic hydroxyl groups is 1. The lowest BCUT2D eigenvalue weighted by molar-refractivity contribution is -0.148. The average Bonchev–Trinajstić information content (AvgIpc) is 2.35. The highest BCUT2D eigenvalue weighted by atomic mass is 32.2. The van der Waals surface area contributed by atoms with Gasteiger partial charge in [0.25, 0.3) is 0 Å². The first-order chi connectivity index (χ1) is 9.59. The fourth-order valence-corrected chi connectivity index (χ4v) is 2.63. The smallest absolute Gasteiger partial charge is 0.302 e. The standard InChI is InChI=1S/C14H28O6S/c1-6-13(20-11(3)15)8-12(16)9-14(19-4)7-10(2)21(5,17)18/h10,12-14,16H,6-9H2,1-5H3. The molecule has 0 aliphatic heterocycles. The van der Waals surface area contributed by atoms with Crippen molar-refractivity contribution in [3.63, 3.8) is 0 Å². The maximum atomic E-state index is 11.4. The Bertz CT molecular complexity index is 406. The fraction of sp³-hybridized carbons (Fsp3) is 0.929. The Morgan fingerprint density at radius 1 is 1.19 bits per heavy atom. The fourth-order valence-electron chi connectivity index (χ4n) is 2.07. The summed E-state index contributed by atoms with van der Waals surface area (Å²) in [5.74, 6) is -0.372. The van der Waals surface area contributed by atoms with Gasteiger partial charge in [0, 0.05) is 26.7 Å². The minimum absolute atomic E-state index is 0.314. The molecule has 7 heteroatoms. The SMILES string of the molecule is CCC(CC(O)CC(CC(C)S(C)(=O)=O)OC)OC(C)=O. The molecule has 0 saturated carbocycles. The zero-order chi connectivity index (χ0) is 16.6. The van der Waals surface area contributed by atoms with E-state index in [0.717, 1.165) is 0 Å². The second-order valence-electron chi connectivity index (χ2n) is 5.50. The second-order valence-corrected chi connectivity index (χ2v) is 7.96. The van der Waals surface area contributed by atoms with Crippen LogP contribution < -0.4 is 0 Å². The summed E-state index contributed by atoms with van der Waals surface area (Å²) in [4.78, 5) is 10.9. The minimum atomic E-state index is -3.12. The highest BCUT2D eigenvalue weighted by molar-refractivity contribution is 7.91. The molecule has 0 fully saturated rings. The Morgan fingerprint density at radius 3 is 2.10 bits per heavy atom. The molecule has 0 aromatic heterocycles. The van der Waals surface area contributed by atoms with Gasteiger partial charge >= 0.3 is 5.97 Å². The van der Waals surface area contributed by atoms with Gasteiger partial charge in [-0.2, -0.15) is 0 Å². The Kier molecular flexibility index (Phi) is 9.08. The van der Waals surface area contributed by atoms with Crippen LogP contribution in [-0.4, -0.2) is 56.4 Å². The summed E-state index contributed by atoms with van der Waals surface area (Å²) < 4.78 is 33.2. The van der Waals surface area contributed by atoms with Crippen LogP contribution in [0, 0.1) is 0 Å². The topological polar surface area (TPSA) is 89.9 Å². The number of rotatable bonds is 10. The molecule has 0 rings (SSSR count). The van der Waals surface area contributed by atoms with Gasteiger partial charge in [-0.3, -0.25) is 4.79 Å². The molecule has 0 heterocycles. The molecule has 0 aliphatic carbocycles. The van der Waals surface area contributed by atoms with Crippen LogP contribution in [0.15, 0.2) is 0 Å². The number of hydrogen-bond donors (Lipinski definition) is 1. The highest BCUT2D eigenvalue weighted by Crippen LogP contribution is 2.17. The van der Waals surface area contributed by atoms with Gasteiger partial charge in [0.15, 0.2) is 0 Å². The van der Waals surface area contributed by atoms with Crippen molar-refractivity contribution in [2.24, 2.45) is 0 Å².